The lowest BCUT2D eigenvalue weighted by Gasteiger charge is -2.11. The SMILES string of the molecule is Cc1cnc(F)c([C@@H](N)C2CC2)c1. The van der Waals surface area contributed by atoms with E-state index in [0.717, 1.165) is 18.4 Å². The van der Waals surface area contributed by atoms with E-state index in [1.54, 1.807) is 6.07 Å². The number of rotatable bonds is 2. The van der Waals surface area contributed by atoms with Gasteiger partial charge < -0.3 is 5.73 Å². The molecule has 1 aromatic heterocycles. The highest BCUT2D eigenvalue weighted by Gasteiger charge is 2.31. The number of hydrogen-bond acceptors (Lipinski definition) is 2. The van der Waals surface area contributed by atoms with Gasteiger partial charge in [0.2, 0.25) is 5.95 Å². The molecule has 0 bridgehead atoms. The summed E-state index contributed by atoms with van der Waals surface area (Å²) in [5, 5.41) is 0. The van der Waals surface area contributed by atoms with Crippen molar-refractivity contribution >= 4 is 0 Å². The van der Waals surface area contributed by atoms with Crippen molar-refractivity contribution in [2.24, 2.45) is 11.7 Å². The van der Waals surface area contributed by atoms with Gasteiger partial charge in [-0.05, 0) is 37.3 Å². The van der Waals surface area contributed by atoms with Gasteiger partial charge in [-0.3, -0.25) is 0 Å². The molecule has 1 aliphatic rings. The van der Waals surface area contributed by atoms with Crippen molar-refractivity contribution < 1.29 is 4.39 Å². The van der Waals surface area contributed by atoms with Gasteiger partial charge >= 0.3 is 0 Å². The van der Waals surface area contributed by atoms with E-state index in [9.17, 15) is 4.39 Å². The van der Waals surface area contributed by atoms with Crippen molar-refractivity contribution in [3.8, 4) is 0 Å². The summed E-state index contributed by atoms with van der Waals surface area (Å²) in [5.74, 6) is 0.0584. The summed E-state index contributed by atoms with van der Waals surface area (Å²) >= 11 is 0. The van der Waals surface area contributed by atoms with E-state index in [4.69, 9.17) is 5.73 Å². The highest BCUT2D eigenvalue weighted by Crippen LogP contribution is 2.39. The molecule has 0 spiro atoms. The van der Waals surface area contributed by atoms with Crippen LogP contribution in [0.3, 0.4) is 0 Å². The third kappa shape index (κ3) is 1.70. The molecule has 0 unspecified atom stereocenters. The van der Waals surface area contributed by atoms with Crippen LogP contribution in [0, 0.1) is 18.8 Å². The molecular weight excluding hydrogens is 167 g/mol. The van der Waals surface area contributed by atoms with E-state index < -0.39 is 5.95 Å². The maximum absolute atomic E-state index is 13.2. The van der Waals surface area contributed by atoms with Gasteiger partial charge in [-0.15, -0.1) is 0 Å². The van der Waals surface area contributed by atoms with E-state index in [2.05, 4.69) is 4.98 Å². The molecule has 3 heteroatoms. The van der Waals surface area contributed by atoms with Gasteiger partial charge in [0, 0.05) is 17.8 Å². The van der Waals surface area contributed by atoms with Crippen LogP contribution in [-0.4, -0.2) is 4.98 Å². The molecule has 1 fully saturated rings. The van der Waals surface area contributed by atoms with Gasteiger partial charge in [-0.2, -0.15) is 4.39 Å². The Bertz CT molecular complexity index is 321. The van der Waals surface area contributed by atoms with Gasteiger partial charge in [0.1, 0.15) is 0 Å². The summed E-state index contributed by atoms with van der Waals surface area (Å²) < 4.78 is 13.2. The average molecular weight is 180 g/mol. The molecule has 0 radical (unpaired) electrons. The molecule has 0 aliphatic heterocycles. The molecule has 2 rings (SSSR count). The van der Waals surface area contributed by atoms with E-state index in [0.29, 0.717) is 11.5 Å². The van der Waals surface area contributed by atoms with Crippen LogP contribution in [0.2, 0.25) is 0 Å². The lowest BCUT2D eigenvalue weighted by molar-refractivity contribution is 0.523. The minimum Gasteiger partial charge on any atom is -0.324 e. The zero-order valence-corrected chi connectivity index (χ0v) is 7.63. The van der Waals surface area contributed by atoms with Gasteiger partial charge in [-0.1, -0.05) is 0 Å². The van der Waals surface area contributed by atoms with E-state index in [1.807, 2.05) is 6.92 Å². The standard InChI is InChI=1S/C10H13FN2/c1-6-4-8(10(11)13-5-6)9(12)7-2-3-7/h4-5,7,9H,2-3,12H2,1H3/t9-/m0/s1. The van der Waals surface area contributed by atoms with E-state index in [-0.39, 0.29) is 6.04 Å². The molecule has 2 nitrogen and oxygen atoms in total. The van der Waals surface area contributed by atoms with Crippen LogP contribution in [0.1, 0.15) is 30.0 Å². The quantitative estimate of drug-likeness (QED) is 0.706. The van der Waals surface area contributed by atoms with Crippen molar-refractivity contribution in [1.82, 2.24) is 4.98 Å². The van der Waals surface area contributed by atoms with Crippen LogP contribution < -0.4 is 5.73 Å². The highest BCUT2D eigenvalue weighted by atomic mass is 19.1. The number of pyridine rings is 1. The summed E-state index contributed by atoms with van der Waals surface area (Å²) in [5.41, 5.74) is 7.43. The average Bonchev–Trinajstić information content (AvgIpc) is 2.91. The predicted octanol–water partition coefficient (Wildman–Crippen LogP) is 1.94. The molecule has 1 saturated carbocycles. The Morgan fingerprint density at radius 1 is 1.62 bits per heavy atom. The topological polar surface area (TPSA) is 38.9 Å². The van der Waals surface area contributed by atoms with Crippen LogP contribution in [0.15, 0.2) is 12.3 Å². The fourth-order valence-electron chi connectivity index (χ4n) is 1.52. The number of aromatic nitrogens is 1. The van der Waals surface area contributed by atoms with E-state index >= 15 is 0 Å². The minimum absolute atomic E-state index is 0.160. The second kappa shape index (κ2) is 3.07. The lowest BCUT2D eigenvalue weighted by atomic mass is 10.0. The Balaban J connectivity index is 2.31. The first-order chi connectivity index (χ1) is 6.18. The van der Waals surface area contributed by atoms with Crippen LogP contribution in [0.25, 0.3) is 0 Å². The van der Waals surface area contributed by atoms with Crippen molar-refractivity contribution in [3.63, 3.8) is 0 Å². The zero-order chi connectivity index (χ0) is 9.42. The molecule has 1 aliphatic carbocycles. The fraction of sp³-hybridized carbons (Fsp3) is 0.500. The molecule has 0 saturated heterocycles. The normalized spacial score (nSPS) is 18.7. The lowest BCUT2D eigenvalue weighted by Crippen LogP contribution is -2.15. The first-order valence-electron chi connectivity index (χ1n) is 4.56. The first-order valence-corrected chi connectivity index (χ1v) is 4.56. The number of nitrogens with zero attached hydrogens (tertiary/aromatic N) is 1. The Kier molecular flexibility index (Phi) is 2.04. The van der Waals surface area contributed by atoms with Crippen LogP contribution in [0.4, 0.5) is 4.39 Å². The fourth-order valence-corrected chi connectivity index (χ4v) is 1.52. The molecule has 0 aromatic carbocycles. The van der Waals surface area contributed by atoms with Crippen molar-refractivity contribution in [2.45, 2.75) is 25.8 Å². The number of aryl methyl sites for hydroxylation is 1. The molecular formula is C10H13FN2. The summed E-state index contributed by atoms with van der Waals surface area (Å²) in [7, 11) is 0. The van der Waals surface area contributed by atoms with Crippen LogP contribution >= 0.6 is 0 Å². The minimum atomic E-state index is -0.412. The molecule has 1 heterocycles. The van der Waals surface area contributed by atoms with Crippen molar-refractivity contribution in [2.75, 3.05) is 0 Å². The molecule has 0 amide bonds. The Labute approximate surface area is 77.0 Å². The Morgan fingerprint density at radius 2 is 2.31 bits per heavy atom. The van der Waals surface area contributed by atoms with Gasteiger partial charge in [-0.25, -0.2) is 4.98 Å². The maximum atomic E-state index is 13.2. The highest BCUT2D eigenvalue weighted by molar-refractivity contribution is 5.22. The predicted molar refractivity (Wildman–Crippen MR) is 48.6 cm³/mol. The van der Waals surface area contributed by atoms with Crippen molar-refractivity contribution in [1.29, 1.82) is 0 Å². The largest absolute Gasteiger partial charge is 0.324 e. The molecule has 13 heavy (non-hydrogen) atoms. The smallest absolute Gasteiger partial charge is 0.217 e. The first kappa shape index (κ1) is 8.63. The van der Waals surface area contributed by atoms with Gasteiger partial charge in [0.15, 0.2) is 0 Å². The van der Waals surface area contributed by atoms with Gasteiger partial charge in [0.05, 0.1) is 0 Å². The summed E-state index contributed by atoms with van der Waals surface area (Å²) in [4.78, 5) is 3.66. The Hall–Kier alpha value is -0.960. The Morgan fingerprint density at radius 3 is 2.92 bits per heavy atom. The second-order valence-electron chi connectivity index (χ2n) is 3.76. The summed E-state index contributed by atoms with van der Waals surface area (Å²) in [6.45, 7) is 1.90. The maximum Gasteiger partial charge on any atom is 0.217 e. The third-order valence-electron chi connectivity index (χ3n) is 2.49. The van der Waals surface area contributed by atoms with E-state index in [1.165, 1.54) is 6.20 Å². The molecule has 2 N–H and O–H groups in total. The molecule has 70 valence electrons. The van der Waals surface area contributed by atoms with Gasteiger partial charge in [0.25, 0.3) is 0 Å². The number of nitrogens with two attached hydrogens (primary N) is 1. The van der Waals surface area contributed by atoms with Crippen LogP contribution in [0.5, 0.6) is 0 Å². The van der Waals surface area contributed by atoms with Crippen LogP contribution in [-0.2, 0) is 0 Å². The second-order valence-corrected chi connectivity index (χ2v) is 3.76. The summed E-state index contributed by atoms with van der Waals surface area (Å²) in [6, 6.07) is 1.64. The van der Waals surface area contributed by atoms with Crippen molar-refractivity contribution in [3.05, 3.63) is 29.3 Å². The summed E-state index contributed by atoms with van der Waals surface area (Å²) in [6.07, 6.45) is 3.77. The molecule has 1 atom stereocenters. The molecule has 1 aromatic rings. The zero-order valence-electron chi connectivity index (χ0n) is 7.63. The third-order valence-corrected chi connectivity index (χ3v) is 2.49. The number of halogens is 1. The monoisotopic (exact) mass is 180 g/mol. The number of hydrogen-bond donors (Lipinski definition) is 1.